The fourth-order valence-electron chi connectivity index (χ4n) is 3.15. The molecule has 0 aromatic carbocycles. The summed E-state index contributed by atoms with van der Waals surface area (Å²) in [6.45, 7) is 9.48. The molecule has 9 nitrogen and oxygen atoms in total. The molecule has 2 fully saturated rings. The van der Waals surface area contributed by atoms with Gasteiger partial charge in [0.25, 0.3) is 0 Å². The van der Waals surface area contributed by atoms with Gasteiger partial charge in [-0.1, -0.05) is 13.3 Å². The maximum Gasteiger partial charge on any atom is 0.243 e. The molecule has 2 aliphatic heterocycles. The number of likely N-dealkylation sites (N-methyl/N-ethyl adjacent to an activating group) is 1. The molecular weight excluding hydrogens is 487 g/mol. The van der Waals surface area contributed by atoms with Crippen molar-refractivity contribution in [1.82, 2.24) is 24.9 Å². The van der Waals surface area contributed by atoms with Crippen LogP contribution in [0.1, 0.15) is 19.8 Å². The highest BCUT2D eigenvalue weighted by Gasteiger charge is 2.24. The van der Waals surface area contributed by atoms with E-state index >= 15 is 0 Å². The van der Waals surface area contributed by atoms with Crippen LogP contribution < -0.4 is 5.32 Å². The van der Waals surface area contributed by atoms with Gasteiger partial charge in [0.2, 0.25) is 11.8 Å². The van der Waals surface area contributed by atoms with Crippen molar-refractivity contribution in [1.29, 1.82) is 0 Å². The van der Waals surface area contributed by atoms with Crippen molar-refractivity contribution in [2.45, 2.75) is 19.8 Å². The molecular formula is C19H37IN6O3. The first-order valence-corrected chi connectivity index (χ1v) is 10.3. The molecule has 29 heavy (non-hydrogen) atoms. The van der Waals surface area contributed by atoms with Crippen molar-refractivity contribution in [2.24, 2.45) is 4.99 Å². The van der Waals surface area contributed by atoms with Gasteiger partial charge < -0.3 is 24.8 Å². The highest BCUT2D eigenvalue weighted by Crippen LogP contribution is 2.05. The Morgan fingerprint density at radius 3 is 2.28 bits per heavy atom. The smallest absolute Gasteiger partial charge is 0.243 e. The zero-order valence-corrected chi connectivity index (χ0v) is 20.4. The predicted octanol–water partition coefficient (Wildman–Crippen LogP) is -0.0853. The molecule has 0 aromatic heterocycles. The van der Waals surface area contributed by atoms with Gasteiger partial charge in [-0.2, -0.15) is 0 Å². The van der Waals surface area contributed by atoms with E-state index < -0.39 is 0 Å². The largest absolute Gasteiger partial charge is 0.378 e. The van der Waals surface area contributed by atoms with Crippen molar-refractivity contribution < 1.29 is 14.3 Å². The molecule has 0 atom stereocenters. The van der Waals surface area contributed by atoms with Crippen LogP contribution in [0.5, 0.6) is 0 Å². The van der Waals surface area contributed by atoms with Gasteiger partial charge in [-0.25, -0.2) is 4.99 Å². The third kappa shape index (κ3) is 9.04. The number of aliphatic imine (C=N–C) groups is 1. The number of hydrogen-bond donors (Lipinski definition) is 1. The van der Waals surface area contributed by atoms with Crippen molar-refractivity contribution in [3.05, 3.63) is 0 Å². The molecule has 0 aliphatic carbocycles. The van der Waals surface area contributed by atoms with Gasteiger partial charge in [0.1, 0.15) is 6.54 Å². The normalized spacial score (nSPS) is 18.2. The molecule has 0 unspecified atom stereocenters. The quantitative estimate of drug-likeness (QED) is 0.217. The zero-order valence-electron chi connectivity index (χ0n) is 18.1. The molecule has 0 saturated carbocycles. The average Bonchev–Trinajstić information content (AvgIpc) is 2.71. The lowest BCUT2D eigenvalue weighted by Gasteiger charge is -2.37. The van der Waals surface area contributed by atoms with Crippen molar-refractivity contribution in [2.75, 3.05) is 86.2 Å². The van der Waals surface area contributed by atoms with E-state index in [9.17, 15) is 9.59 Å². The third-order valence-electron chi connectivity index (χ3n) is 5.07. The van der Waals surface area contributed by atoms with Crippen molar-refractivity contribution >= 4 is 41.8 Å². The first-order chi connectivity index (χ1) is 13.5. The summed E-state index contributed by atoms with van der Waals surface area (Å²) >= 11 is 0. The van der Waals surface area contributed by atoms with Crippen molar-refractivity contribution in [3.8, 4) is 0 Å². The number of guanidine groups is 1. The van der Waals surface area contributed by atoms with Crippen LogP contribution in [0.4, 0.5) is 0 Å². The second kappa shape index (κ2) is 14.0. The Hall–Kier alpha value is -1.14. The number of amides is 2. The summed E-state index contributed by atoms with van der Waals surface area (Å²) in [4.78, 5) is 36.7. The fourth-order valence-corrected chi connectivity index (χ4v) is 3.15. The number of piperazine rings is 1. The third-order valence-corrected chi connectivity index (χ3v) is 5.07. The lowest BCUT2D eigenvalue weighted by molar-refractivity contribution is -0.136. The fraction of sp³-hybridized carbons (Fsp3) is 0.842. The van der Waals surface area contributed by atoms with E-state index in [-0.39, 0.29) is 42.3 Å². The van der Waals surface area contributed by atoms with Gasteiger partial charge in [-0.15, -0.1) is 24.0 Å². The number of carbonyl (C=O) groups excluding carboxylic acids is 2. The van der Waals surface area contributed by atoms with E-state index in [1.807, 2.05) is 4.90 Å². The second-order valence-corrected chi connectivity index (χ2v) is 7.46. The number of morpholine rings is 1. The lowest BCUT2D eigenvalue weighted by atomic mass is 10.3. The molecule has 2 saturated heterocycles. The first-order valence-electron chi connectivity index (χ1n) is 10.3. The van der Waals surface area contributed by atoms with E-state index in [4.69, 9.17) is 4.74 Å². The van der Waals surface area contributed by atoms with Crippen LogP contribution in [0.3, 0.4) is 0 Å². The van der Waals surface area contributed by atoms with Gasteiger partial charge in [-0.05, 0) is 6.42 Å². The predicted molar refractivity (Wildman–Crippen MR) is 125 cm³/mol. The van der Waals surface area contributed by atoms with Gasteiger partial charge in [-0.3, -0.25) is 14.5 Å². The molecule has 0 aromatic rings. The number of unbranched alkanes of at least 4 members (excludes halogenated alkanes) is 1. The zero-order chi connectivity index (χ0) is 20.4. The summed E-state index contributed by atoms with van der Waals surface area (Å²) in [6, 6.07) is 0. The van der Waals surface area contributed by atoms with Gasteiger partial charge in [0.05, 0.1) is 19.8 Å². The van der Waals surface area contributed by atoms with Crippen LogP contribution in [0.15, 0.2) is 4.99 Å². The van der Waals surface area contributed by atoms with Gasteiger partial charge >= 0.3 is 0 Å². The minimum Gasteiger partial charge on any atom is -0.378 e. The number of carbonyl (C=O) groups is 2. The summed E-state index contributed by atoms with van der Waals surface area (Å²) in [5.41, 5.74) is 0. The van der Waals surface area contributed by atoms with E-state index in [1.54, 1.807) is 19.0 Å². The highest BCUT2D eigenvalue weighted by molar-refractivity contribution is 14.0. The summed E-state index contributed by atoms with van der Waals surface area (Å²) in [5, 5.41) is 3.39. The van der Waals surface area contributed by atoms with E-state index in [0.29, 0.717) is 32.8 Å². The highest BCUT2D eigenvalue weighted by atomic mass is 127. The Kier molecular flexibility index (Phi) is 12.5. The van der Waals surface area contributed by atoms with Crippen LogP contribution in [0, 0.1) is 0 Å². The van der Waals surface area contributed by atoms with Crippen LogP contribution in [-0.4, -0.2) is 124 Å². The topological polar surface area (TPSA) is 80.7 Å². The number of nitrogens with one attached hydrogen (secondary N) is 1. The molecule has 0 spiro atoms. The Labute approximate surface area is 191 Å². The number of nitrogens with zero attached hydrogens (tertiary/aromatic N) is 5. The number of halogens is 1. The summed E-state index contributed by atoms with van der Waals surface area (Å²) in [5.74, 6) is 0.968. The minimum absolute atomic E-state index is 0. The van der Waals surface area contributed by atoms with Crippen LogP contribution in [0.25, 0.3) is 0 Å². The molecule has 0 radical (unpaired) electrons. The van der Waals surface area contributed by atoms with E-state index in [2.05, 4.69) is 27.0 Å². The number of rotatable bonds is 7. The Bertz CT molecular complexity index is 532. The summed E-state index contributed by atoms with van der Waals surface area (Å²) < 4.78 is 5.31. The number of ether oxygens (including phenoxy) is 1. The Morgan fingerprint density at radius 1 is 1.03 bits per heavy atom. The monoisotopic (exact) mass is 524 g/mol. The SMILES string of the molecule is CCCCNC(=NCC(=O)N(C)C)N1CCN(CC(=O)N2CCOCC2)CC1.I. The van der Waals surface area contributed by atoms with Gasteiger partial charge in [0, 0.05) is 59.9 Å². The molecule has 2 heterocycles. The molecule has 2 amide bonds. The maximum atomic E-state index is 12.4. The number of hydrogen-bond acceptors (Lipinski definition) is 5. The Balaban J connectivity index is 0.00000420. The maximum absolute atomic E-state index is 12.4. The molecule has 10 heteroatoms. The first kappa shape index (κ1) is 25.9. The van der Waals surface area contributed by atoms with Gasteiger partial charge in [0.15, 0.2) is 5.96 Å². The lowest BCUT2D eigenvalue weighted by Crippen LogP contribution is -2.55. The minimum atomic E-state index is -0.00969. The van der Waals surface area contributed by atoms with Crippen molar-refractivity contribution in [3.63, 3.8) is 0 Å². The Morgan fingerprint density at radius 2 is 1.69 bits per heavy atom. The average molecular weight is 524 g/mol. The van der Waals surface area contributed by atoms with Crippen LogP contribution in [-0.2, 0) is 14.3 Å². The van der Waals surface area contributed by atoms with Crippen LogP contribution >= 0.6 is 24.0 Å². The molecule has 2 rings (SSSR count). The molecule has 0 bridgehead atoms. The molecule has 168 valence electrons. The van der Waals surface area contributed by atoms with E-state index in [1.165, 1.54) is 0 Å². The standard InChI is InChI=1S/C19H36N6O3.HI/c1-4-5-6-20-19(21-15-17(26)22(2)3)25-9-7-23(8-10-25)16-18(27)24-11-13-28-14-12-24;/h4-16H2,1-3H3,(H,20,21);1H. The van der Waals surface area contributed by atoms with E-state index in [0.717, 1.165) is 51.5 Å². The van der Waals surface area contributed by atoms with Crippen LogP contribution in [0.2, 0.25) is 0 Å². The summed E-state index contributed by atoms with van der Waals surface area (Å²) in [7, 11) is 3.48. The molecule has 1 N–H and O–H groups in total. The molecule has 2 aliphatic rings. The summed E-state index contributed by atoms with van der Waals surface area (Å²) in [6.07, 6.45) is 2.17. The second-order valence-electron chi connectivity index (χ2n) is 7.46.